The van der Waals surface area contributed by atoms with Crippen molar-refractivity contribution in [3.8, 4) is 10.6 Å². The highest BCUT2D eigenvalue weighted by Gasteiger charge is 2.28. The van der Waals surface area contributed by atoms with Gasteiger partial charge in [0, 0.05) is 29.1 Å². The minimum absolute atomic E-state index is 0.115. The van der Waals surface area contributed by atoms with Gasteiger partial charge in [-0.1, -0.05) is 30.7 Å². The molecule has 0 aliphatic carbocycles. The van der Waals surface area contributed by atoms with E-state index in [9.17, 15) is 9.90 Å². The van der Waals surface area contributed by atoms with Crippen molar-refractivity contribution in [1.82, 2.24) is 9.88 Å². The molecule has 1 aromatic carbocycles. The first-order valence-corrected chi connectivity index (χ1v) is 8.49. The third-order valence-corrected chi connectivity index (χ3v) is 5.13. The van der Waals surface area contributed by atoms with E-state index in [1.807, 2.05) is 25.1 Å². The minimum Gasteiger partial charge on any atom is -0.391 e. The molecule has 0 radical (unpaired) electrons. The molecular weight excluding hydrogens is 320 g/mol. The molecule has 2 atom stereocenters. The topological polar surface area (TPSA) is 53.4 Å². The molecule has 2 heterocycles. The molecule has 2 unspecified atom stereocenters. The van der Waals surface area contributed by atoms with Crippen LogP contribution in [0.1, 0.15) is 23.8 Å². The first-order valence-electron chi connectivity index (χ1n) is 7.23. The highest BCUT2D eigenvalue weighted by Crippen LogP contribution is 2.27. The third-order valence-electron chi connectivity index (χ3n) is 4.00. The first-order chi connectivity index (χ1) is 10.5. The van der Waals surface area contributed by atoms with Crippen molar-refractivity contribution >= 4 is 28.8 Å². The van der Waals surface area contributed by atoms with Crippen LogP contribution < -0.4 is 0 Å². The average Bonchev–Trinajstić information content (AvgIpc) is 2.99. The molecule has 1 saturated heterocycles. The van der Waals surface area contributed by atoms with Gasteiger partial charge in [0.2, 0.25) is 0 Å². The summed E-state index contributed by atoms with van der Waals surface area (Å²) in [5.41, 5.74) is 1.34. The van der Waals surface area contributed by atoms with Gasteiger partial charge in [-0.05, 0) is 24.5 Å². The van der Waals surface area contributed by atoms with Crippen LogP contribution in [-0.4, -0.2) is 40.1 Å². The monoisotopic (exact) mass is 336 g/mol. The van der Waals surface area contributed by atoms with Crippen LogP contribution >= 0.6 is 22.9 Å². The Kier molecular flexibility index (Phi) is 4.47. The lowest BCUT2D eigenvalue weighted by Crippen LogP contribution is -2.45. The van der Waals surface area contributed by atoms with Crippen LogP contribution in [0.5, 0.6) is 0 Å². The zero-order valence-electron chi connectivity index (χ0n) is 12.2. The molecule has 1 fully saturated rings. The molecule has 22 heavy (non-hydrogen) atoms. The van der Waals surface area contributed by atoms with Crippen molar-refractivity contribution in [3.05, 3.63) is 40.4 Å². The highest BCUT2D eigenvalue weighted by molar-refractivity contribution is 7.13. The number of benzene rings is 1. The summed E-state index contributed by atoms with van der Waals surface area (Å²) in [4.78, 5) is 18.6. The molecule has 6 heteroatoms. The molecule has 4 nitrogen and oxygen atoms in total. The van der Waals surface area contributed by atoms with E-state index in [1.165, 1.54) is 11.3 Å². The van der Waals surface area contributed by atoms with Crippen molar-refractivity contribution in [2.45, 2.75) is 19.4 Å². The molecule has 0 saturated carbocycles. The lowest BCUT2D eigenvalue weighted by atomic mass is 9.96. The maximum atomic E-state index is 12.5. The summed E-state index contributed by atoms with van der Waals surface area (Å²) in [5.74, 6) is 0.122. The number of amides is 1. The Morgan fingerprint density at radius 1 is 1.50 bits per heavy atom. The van der Waals surface area contributed by atoms with E-state index in [0.29, 0.717) is 23.8 Å². The Morgan fingerprint density at radius 3 is 3.05 bits per heavy atom. The normalized spacial score (nSPS) is 21.9. The van der Waals surface area contributed by atoms with Gasteiger partial charge < -0.3 is 10.0 Å². The summed E-state index contributed by atoms with van der Waals surface area (Å²) in [6.45, 7) is 3.05. The van der Waals surface area contributed by atoms with E-state index in [-0.39, 0.29) is 11.8 Å². The number of aromatic nitrogens is 1. The van der Waals surface area contributed by atoms with E-state index >= 15 is 0 Å². The number of aliphatic hydroxyl groups excluding tert-OH is 1. The second-order valence-electron chi connectivity index (χ2n) is 5.63. The number of hydrogen-bond donors (Lipinski definition) is 1. The number of halogens is 1. The molecular formula is C16H17ClN2O2S. The standard InChI is InChI=1S/C16H17ClN2O2S/c1-10-5-6-19(8-14(10)20)16(21)13-9-22-15(18-13)11-3-2-4-12(17)7-11/h2-4,7,9-10,14,20H,5-6,8H2,1H3. The maximum absolute atomic E-state index is 12.5. The van der Waals surface area contributed by atoms with Crippen molar-refractivity contribution in [3.63, 3.8) is 0 Å². The van der Waals surface area contributed by atoms with Gasteiger partial charge in [-0.25, -0.2) is 4.98 Å². The Hall–Kier alpha value is -1.43. The summed E-state index contributed by atoms with van der Waals surface area (Å²) in [6, 6.07) is 7.43. The summed E-state index contributed by atoms with van der Waals surface area (Å²) in [7, 11) is 0. The quantitative estimate of drug-likeness (QED) is 0.915. The number of hydrogen-bond acceptors (Lipinski definition) is 4. The average molecular weight is 337 g/mol. The first kappa shape index (κ1) is 15.5. The minimum atomic E-state index is -0.455. The second-order valence-corrected chi connectivity index (χ2v) is 6.93. The Labute approximate surface area is 138 Å². The van der Waals surface area contributed by atoms with Gasteiger partial charge in [-0.2, -0.15) is 0 Å². The number of thiazole rings is 1. The van der Waals surface area contributed by atoms with Crippen molar-refractivity contribution in [1.29, 1.82) is 0 Å². The fraction of sp³-hybridized carbons (Fsp3) is 0.375. The molecule has 0 bridgehead atoms. The van der Waals surface area contributed by atoms with Crippen molar-refractivity contribution in [2.75, 3.05) is 13.1 Å². The van der Waals surface area contributed by atoms with Gasteiger partial charge >= 0.3 is 0 Å². The zero-order chi connectivity index (χ0) is 15.7. The lowest BCUT2D eigenvalue weighted by molar-refractivity contribution is 0.0246. The van der Waals surface area contributed by atoms with E-state index in [2.05, 4.69) is 4.98 Å². The van der Waals surface area contributed by atoms with E-state index in [0.717, 1.165) is 17.0 Å². The second kappa shape index (κ2) is 6.36. The number of likely N-dealkylation sites (tertiary alicyclic amines) is 1. The lowest BCUT2D eigenvalue weighted by Gasteiger charge is -2.33. The van der Waals surface area contributed by atoms with Gasteiger partial charge in [-0.3, -0.25) is 4.79 Å². The third kappa shape index (κ3) is 3.16. The number of carbonyl (C=O) groups excluding carboxylic acids is 1. The fourth-order valence-electron chi connectivity index (χ4n) is 2.52. The fourth-order valence-corrected chi connectivity index (χ4v) is 3.50. The van der Waals surface area contributed by atoms with Gasteiger partial charge in [0.25, 0.3) is 5.91 Å². The van der Waals surface area contributed by atoms with Crippen molar-refractivity contribution in [2.24, 2.45) is 5.92 Å². The number of piperidine rings is 1. The Bertz CT molecular complexity index is 688. The smallest absolute Gasteiger partial charge is 0.273 e. The number of aliphatic hydroxyl groups is 1. The van der Waals surface area contributed by atoms with E-state index in [1.54, 1.807) is 16.3 Å². The van der Waals surface area contributed by atoms with E-state index < -0.39 is 6.10 Å². The summed E-state index contributed by atoms with van der Waals surface area (Å²) >= 11 is 7.41. The summed E-state index contributed by atoms with van der Waals surface area (Å²) in [5, 5.41) is 13.1. The van der Waals surface area contributed by atoms with Gasteiger partial charge in [0.1, 0.15) is 10.7 Å². The van der Waals surface area contributed by atoms with Crippen molar-refractivity contribution < 1.29 is 9.90 Å². The highest BCUT2D eigenvalue weighted by atomic mass is 35.5. The zero-order valence-corrected chi connectivity index (χ0v) is 13.8. The largest absolute Gasteiger partial charge is 0.391 e. The Morgan fingerprint density at radius 2 is 2.32 bits per heavy atom. The van der Waals surface area contributed by atoms with Crippen LogP contribution in [0.2, 0.25) is 5.02 Å². The van der Waals surface area contributed by atoms with Crippen LogP contribution in [-0.2, 0) is 0 Å². The van der Waals surface area contributed by atoms with Crippen LogP contribution in [0.15, 0.2) is 29.6 Å². The predicted octanol–water partition coefficient (Wildman–Crippen LogP) is 3.31. The molecule has 1 N–H and O–H groups in total. The van der Waals surface area contributed by atoms with Gasteiger partial charge in [-0.15, -0.1) is 11.3 Å². The Balaban J connectivity index is 1.77. The molecule has 1 aromatic heterocycles. The van der Waals surface area contributed by atoms with Gasteiger partial charge in [0.05, 0.1) is 6.10 Å². The van der Waals surface area contributed by atoms with Gasteiger partial charge in [0.15, 0.2) is 0 Å². The summed E-state index contributed by atoms with van der Waals surface area (Å²) < 4.78 is 0. The molecule has 3 rings (SSSR count). The van der Waals surface area contributed by atoms with Crippen LogP contribution in [0.3, 0.4) is 0 Å². The molecule has 1 amide bonds. The predicted molar refractivity (Wildman–Crippen MR) is 88.3 cm³/mol. The maximum Gasteiger partial charge on any atom is 0.273 e. The molecule has 2 aromatic rings. The summed E-state index contributed by atoms with van der Waals surface area (Å²) in [6.07, 6.45) is 0.363. The number of rotatable bonds is 2. The number of carbonyl (C=O) groups is 1. The number of β-amino-alcohol motifs (C(OH)–C–C–N with tert-alkyl or cyclic N) is 1. The molecule has 1 aliphatic rings. The van der Waals surface area contributed by atoms with E-state index in [4.69, 9.17) is 11.6 Å². The SMILES string of the molecule is CC1CCN(C(=O)c2csc(-c3cccc(Cl)c3)n2)CC1O. The van der Waals surface area contributed by atoms with Crippen LogP contribution in [0.4, 0.5) is 0 Å². The van der Waals surface area contributed by atoms with Crippen LogP contribution in [0, 0.1) is 5.92 Å². The molecule has 1 aliphatic heterocycles. The molecule has 0 spiro atoms. The molecule has 116 valence electrons. The number of nitrogens with zero attached hydrogens (tertiary/aromatic N) is 2. The van der Waals surface area contributed by atoms with Crippen LogP contribution in [0.25, 0.3) is 10.6 Å².